The molecule has 0 amide bonds. The number of benzene rings is 2. The van der Waals surface area contributed by atoms with E-state index in [0.717, 1.165) is 0 Å². The largest absolute Gasteiger partial charge is 0.491 e. The Morgan fingerprint density at radius 3 is 2.48 bits per heavy atom. The summed E-state index contributed by atoms with van der Waals surface area (Å²) in [5.74, 6) is -2.55. The number of hydrogen-bond donors (Lipinski definition) is 2. The van der Waals surface area contributed by atoms with E-state index in [4.69, 9.17) is 18.9 Å². The number of methoxy groups -OCH3 is 2. The van der Waals surface area contributed by atoms with Crippen molar-refractivity contribution in [2.75, 3.05) is 40.5 Å². The number of hydrogen-bond acceptors (Lipinski definition) is 11. The second-order valence-electron chi connectivity index (χ2n) is 9.04. The first-order valence-corrected chi connectivity index (χ1v) is 12.6. The van der Waals surface area contributed by atoms with Crippen molar-refractivity contribution in [1.82, 2.24) is 5.32 Å². The topological polar surface area (TPSA) is 159 Å². The number of nitrogens with one attached hydrogen (secondary N) is 1. The molecule has 12 nitrogen and oxygen atoms in total. The molecule has 3 unspecified atom stereocenters. The van der Waals surface area contributed by atoms with Crippen molar-refractivity contribution < 1.29 is 38.6 Å². The van der Waals surface area contributed by atoms with Crippen LogP contribution in [0.5, 0.6) is 11.5 Å². The monoisotopic (exact) mass is 555 g/mol. The second-order valence-corrected chi connectivity index (χ2v) is 9.04. The van der Waals surface area contributed by atoms with E-state index in [9.17, 15) is 24.8 Å². The first-order chi connectivity index (χ1) is 19.2. The molecule has 2 aromatic rings. The van der Waals surface area contributed by atoms with Crippen molar-refractivity contribution in [2.45, 2.75) is 25.9 Å². The second kappa shape index (κ2) is 14.2. The quantitative estimate of drug-likeness (QED) is 0.163. The molecule has 1 heterocycles. The minimum absolute atomic E-state index is 0.0136. The van der Waals surface area contributed by atoms with Gasteiger partial charge in [0, 0.05) is 36.5 Å². The molecule has 2 N–H and O–H groups in total. The number of carbonyl (C=O) groups excluding carboxylic acids is 2. The van der Waals surface area contributed by atoms with Crippen LogP contribution in [-0.2, 0) is 19.1 Å². The molecule has 1 aliphatic rings. The van der Waals surface area contributed by atoms with Crippen LogP contribution in [0.3, 0.4) is 0 Å². The van der Waals surface area contributed by atoms with Crippen LogP contribution in [0.25, 0.3) is 0 Å². The van der Waals surface area contributed by atoms with Gasteiger partial charge in [-0.2, -0.15) is 0 Å². The molecule has 0 saturated heterocycles. The van der Waals surface area contributed by atoms with Gasteiger partial charge in [0.2, 0.25) is 0 Å². The minimum atomic E-state index is -0.976. The van der Waals surface area contributed by atoms with Crippen LogP contribution in [0, 0.1) is 16.0 Å². The molecule has 214 valence electrons. The Hall–Kier alpha value is -4.29. The number of para-hydroxylation sites is 1. The summed E-state index contributed by atoms with van der Waals surface area (Å²) in [6.45, 7) is 3.97. The van der Waals surface area contributed by atoms with E-state index in [0.29, 0.717) is 29.3 Å². The molecular weight excluding hydrogens is 522 g/mol. The fourth-order valence-corrected chi connectivity index (χ4v) is 4.47. The summed E-state index contributed by atoms with van der Waals surface area (Å²) in [6.07, 6.45) is -0.764. The van der Waals surface area contributed by atoms with Gasteiger partial charge in [0.1, 0.15) is 31.0 Å². The normalized spacial score (nSPS) is 17.5. The van der Waals surface area contributed by atoms with E-state index in [1.807, 2.05) is 18.2 Å². The maximum absolute atomic E-state index is 12.7. The smallest absolute Gasteiger partial charge is 0.336 e. The Morgan fingerprint density at radius 1 is 1.10 bits per heavy atom. The highest BCUT2D eigenvalue weighted by atomic mass is 16.6. The Morgan fingerprint density at radius 2 is 1.82 bits per heavy atom. The highest BCUT2D eigenvalue weighted by Crippen LogP contribution is 2.42. The first-order valence-electron chi connectivity index (χ1n) is 12.6. The summed E-state index contributed by atoms with van der Waals surface area (Å²) in [6, 6.07) is 13.4. The van der Waals surface area contributed by atoms with Gasteiger partial charge < -0.3 is 29.4 Å². The van der Waals surface area contributed by atoms with Gasteiger partial charge in [0.15, 0.2) is 5.75 Å². The van der Waals surface area contributed by atoms with E-state index >= 15 is 0 Å². The van der Waals surface area contributed by atoms with Crippen LogP contribution >= 0.6 is 0 Å². The van der Waals surface area contributed by atoms with E-state index in [-0.39, 0.29) is 36.8 Å². The van der Waals surface area contributed by atoms with Gasteiger partial charge in [-0.05, 0) is 37.6 Å². The number of nitro groups is 1. The van der Waals surface area contributed by atoms with Gasteiger partial charge in [-0.25, -0.2) is 4.79 Å². The molecule has 3 rings (SSSR count). The molecule has 0 saturated carbocycles. The molecule has 2 aromatic carbocycles. The van der Waals surface area contributed by atoms with Crippen LogP contribution in [-0.4, -0.2) is 74.3 Å². The maximum atomic E-state index is 12.7. The van der Waals surface area contributed by atoms with E-state index in [2.05, 4.69) is 10.3 Å². The van der Waals surface area contributed by atoms with Crippen molar-refractivity contribution in [2.24, 2.45) is 10.9 Å². The molecular formula is C28H33N3O9. The summed E-state index contributed by atoms with van der Waals surface area (Å²) in [5, 5.41) is 25.1. The molecule has 0 spiro atoms. The van der Waals surface area contributed by atoms with E-state index in [1.165, 1.54) is 26.4 Å². The maximum Gasteiger partial charge on any atom is 0.336 e. The number of esters is 2. The summed E-state index contributed by atoms with van der Waals surface area (Å²) in [4.78, 5) is 41.1. The molecule has 12 heteroatoms. The Bertz CT molecular complexity index is 1280. The zero-order valence-corrected chi connectivity index (χ0v) is 22.8. The van der Waals surface area contributed by atoms with Crippen molar-refractivity contribution in [1.29, 1.82) is 0 Å². The van der Waals surface area contributed by atoms with Crippen molar-refractivity contribution in [3.63, 3.8) is 0 Å². The number of nitrogens with zero attached hydrogens (tertiary/aromatic N) is 2. The molecule has 3 atom stereocenters. The zero-order valence-electron chi connectivity index (χ0n) is 22.8. The summed E-state index contributed by atoms with van der Waals surface area (Å²) >= 11 is 0. The van der Waals surface area contributed by atoms with Gasteiger partial charge in [0.05, 0.1) is 24.7 Å². The van der Waals surface area contributed by atoms with Crippen LogP contribution in [0.2, 0.25) is 0 Å². The SMILES string of the molecule is COC(=O)C1=C(C)N=C(C)C(C(=O)OC)C1c1ccc(OCCNCC(O)COc2ccccc2)c([N+](=O)[O-])c1. The lowest BCUT2D eigenvalue weighted by Gasteiger charge is -2.31. The highest BCUT2D eigenvalue weighted by molar-refractivity contribution is 6.07. The number of nitro benzene ring substituents is 1. The van der Waals surface area contributed by atoms with Crippen LogP contribution < -0.4 is 14.8 Å². The number of aliphatic hydroxyl groups excluding tert-OH is 1. The molecule has 0 radical (unpaired) electrons. The lowest BCUT2D eigenvalue weighted by molar-refractivity contribution is -0.385. The van der Waals surface area contributed by atoms with Crippen LogP contribution in [0.1, 0.15) is 25.3 Å². The van der Waals surface area contributed by atoms with Crippen molar-refractivity contribution in [3.8, 4) is 11.5 Å². The van der Waals surface area contributed by atoms with Gasteiger partial charge in [0.25, 0.3) is 0 Å². The van der Waals surface area contributed by atoms with Crippen LogP contribution in [0.15, 0.2) is 64.8 Å². The molecule has 0 fully saturated rings. The first kappa shape index (κ1) is 30.3. The van der Waals surface area contributed by atoms with Gasteiger partial charge in [-0.1, -0.05) is 24.3 Å². The number of rotatable bonds is 13. The average Bonchev–Trinajstić information content (AvgIpc) is 2.95. The molecule has 1 aliphatic heterocycles. The Labute approximate surface area is 231 Å². The predicted molar refractivity (Wildman–Crippen MR) is 145 cm³/mol. The van der Waals surface area contributed by atoms with E-state index in [1.54, 1.807) is 32.0 Å². The zero-order chi connectivity index (χ0) is 29.2. The Kier molecular flexibility index (Phi) is 10.7. The van der Waals surface area contributed by atoms with Gasteiger partial charge in [-0.15, -0.1) is 0 Å². The van der Waals surface area contributed by atoms with Crippen molar-refractivity contribution >= 4 is 23.3 Å². The number of aliphatic hydroxyl groups is 1. The molecule has 40 heavy (non-hydrogen) atoms. The number of aliphatic imine (C=N–C) groups is 1. The van der Waals surface area contributed by atoms with Gasteiger partial charge >= 0.3 is 17.6 Å². The number of carbonyl (C=O) groups is 2. The highest BCUT2D eigenvalue weighted by Gasteiger charge is 2.42. The summed E-state index contributed by atoms with van der Waals surface area (Å²) in [7, 11) is 2.43. The fraction of sp³-hybridized carbons (Fsp3) is 0.393. The third kappa shape index (κ3) is 7.42. The molecule has 0 aliphatic carbocycles. The summed E-state index contributed by atoms with van der Waals surface area (Å²) in [5.41, 5.74) is 0.875. The van der Waals surface area contributed by atoms with Crippen LogP contribution in [0.4, 0.5) is 5.69 Å². The summed E-state index contributed by atoms with van der Waals surface area (Å²) < 4.78 is 21.0. The van der Waals surface area contributed by atoms with E-state index < -0.39 is 34.8 Å². The number of allylic oxidation sites excluding steroid dienone is 1. The third-order valence-electron chi connectivity index (χ3n) is 6.33. The Balaban J connectivity index is 1.70. The molecule has 0 aromatic heterocycles. The number of ether oxygens (including phenoxy) is 4. The molecule has 0 bridgehead atoms. The van der Waals surface area contributed by atoms with Crippen molar-refractivity contribution in [3.05, 3.63) is 75.5 Å². The lowest BCUT2D eigenvalue weighted by Crippen LogP contribution is -2.36. The predicted octanol–water partition coefficient (Wildman–Crippen LogP) is 2.80. The third-order valence-corrected chi connectivity index (χ3v) is 6.33. The lowest BCUT2D eigenvalue weighted by atomic mass is 9.75. The van der Waals surface area contributed by atoms with Gasteiger partial charge in [-0.3, -0.25) is 19.9 Å². The standard InChI is InChI=1S/C28H33N3O9/c1-17-24(27(33)37-3)26(25(18(2)30-17)28(34)38-4)19-10-11-23(22(14-19)31(35)36)39-13-12-29-15-20(32)16-40-21-8-6-5-7-9-21/h5-11,14,20,24,26,29,32H,12-13,15-16H2,1-4H3. The average molecular weight is 556 g/mol. The minimum Gasteiger partial charge on any atom is -0.491 e. The fourth-order valence-electron chi connectivity index (χ4n) is 4.47.